The molecule has 2 bridgehead atoms. The topological polar surface area (TPSA) is 327 Å². The van der Waals surface area contributed by atoms with E-state index in [9.17, 15) is 34.8 Å². The number of ether oxygens (including phenoxy) is 13. The number of rotatable bonds is 25. The second-order valence-corrected chi connectivity index (χ2v) is 26.8. The predicted octanol–water partition coefficient (Wildman–Crippen LogP) is 3.42. The fourth-order valence-corrected chi connectivity index (χ4v) is 14.1. The second kappa shape index (κ2) is 33.3. The van der Waals surface area contributed by atoms with Gasteiger partial charge in [0.25, 0.3) is 5.91 Å². The summed E-state index contributed by atoms with van der Waals surface area (Å²) in [5.74, 6) is 8.60. The van der Waals surface area contributed by atoms with Gasteiger partial charge in [-0.2, -0.15) is 17.2 Å². The number of aliphatic hydroxyl groups is 4. The number of hydroxylamine groups is 1. The fraction of sp³-hybridized carbons (Fsp3) is 0.627. The number of anilines is 1. The van der Waals surface area contributed by atoms with Gasteiger partial charge in [0.05, 0.1) is 99.8 Å². The van der Waals surface area contributed by atoms with Crippen LogP contribution in [-0.4, -0.2) is 226 Å². The molecule has 26 nitrogen and oxygen atoms in total. The number of methoxy groups -OCH3 is 5. The molecule has 4 saturated heterocycles. The van der Waals surface area contributed by atoms with E-state index in [1.54, 1.807) is 20.1 Å². The van der Waals surface area contributed by atoms with Crippen LogP contribution in [0.3, 0.4) is 0 Å². The van der Waals surface area contributed by atoms with E-state index in [1.807, 2.05) is 33.3 Å². The Morgan fingerprint density at radius 3 is 2.22 bits per heavy atom. The van der Waals surface area contributed by atoms with Gasteiger partial charge in [-0.3, -0.25) is 19.7 Å². The molecule has 1 aromatic rings. The van der Waals surface area contributed by atoms with Gasteiger partial charge in [0.2, 0.25) is 5.78 Å². The average Bonchev–Trinajstić information content (AvgIpc) is 0.971. The first-order valence-corrected chi connectivity index (χ1v) is 33.8. The van der Waals surface area contributed by atoms with Gasteiger partial charge >= 0.3 is 12.1 Å². The van der Waals surface area contributed by atoms with E-state index in [-0.39, 0.29) is 88.3 Å². The van der Waals surface area contributed by atoms with Crippen LogP contribution in [0.2, 0.25) is 0 Å². The zero-order chi connectivity index (χ0) is 64.9. The fourth-order valence-electron chi connectivity index (χ4n) is 10.8. The summed E-state index contributed by atoms with van der Waals surface area (Å²) in [6.07, 6.45) is -11.7. The van der Waals surface area contributed by atoms with Crippen LogP contribution in [0.5, 0.6) is 11.5 Å². The van der Waals surface area contributed by atoms with E-state index in [0.29, 0.717) is 0 Å². The molecule has 2 aliphatic carbocycles. The van der Waals surface area contributed by atoms with E-state index in [2.05, 4.69) is 51.7 Å². The summed E-state index contributed by atoms with van der Waals surface area (Å²) in [5.41, 5.74) is -0.949. The standard InChI is InChI=1S/C59H80N4O22S4/c1-28(2)60-36-27-77-43(25-39(36)73-8)83-52-50(66)47(63-85-45-24-37(64)53(86-12)31(5)79-45)29(3)80-57(52)82-38-18-16-14-15-17-20-59(71)34(19-21-88-89-87-13)46(38)48(62-58(70)76-11)51(67)54(59)84-44-26-42(49(65)30(4)78-44)81-56(69)33-22-40(74-9)41(75-10)23-35(33)61-55(68)32(6)72-7/h14-15,19,22-23,28-31,36-39,42-45,47,49-50,52-54,57,60,63-66,71H,6,21,24-27H2,1-5,7-13H3,(H,61,68)(H,62,70)/b15-14-,34-19+/t29-,30-,31-,36+,37+,38+,39+,42-,43+,44-,45+,47-,49+,50+,52-,53-,54-,57+,59-/m1/s1. The van der Waals surface area contributed by atoms with Crippen molar-refractivity contribution in [3.05, 3.63) is 65.1 Å². The molecule has 0 radical (unpaired) electrons. The number of allylic oxidation sites excluding steroid dienone is 2. The number of Topliss-reactive ketones (excluding diaryl/α,β-unsaturated/α-hetero) is 1. The van der Waals surface area contributed by atoms with E-state index < -0.39 is 134 Å². The minimum Gasteiger partial charge on any atom is -0.493 e. The summed E-state index contributed by atoms with van der Waals surface area (Å²) in [6.45, 7) is 12.6. The Kier molecular flexibility index (Phi) is 26.9. The van der Waals surface area contributed by atoms with Crippen molar-refractivity contribution in [2.45, 2.75) is 175 Å². The van der Waals surface area contributed by atoms with Gasteiger partial charge in [-0.25, -0.2) is 9.59 Å². The summed E-state index contributed by atoms with van der Waals surface area (Å²) in [5, 5.41) is 56.8. The summed E-state index contributed by atoms with van der Waals surface area (Å²) in [6, 6.07) is 1.39. The van der Waals surface area contributed by atoms with E-state index in [1.165, 1.54) is 95.7 Å². The largest absolute Gasteiger partial charge is 0.493 e. The third kappa shape index (κ3) is 17.6. The molecule has 6 aliphatic rings. The molecule has 1 aromatic carbocycles. The number of alkyl carbamates (subject to hydrolysis) is 1. The summed E-state index contributed by atoms with van der Waals surface area (Å²) in [4.78, 5) is 62.5. The molecule has 4 heterocycles. The summed E-state index contributed by atoms with van der Waals surface area (Å²) in [7, 11) is 10.8. The maximum absolute atomic E-state index is 15.6. The lowest BCUT2D eigenvalue weighted by molar-refractivity contribution is -0.336. The third-order valence-corrected chi connectivity index (χ3v) is 20.2. The lowest BCUT2D eigenvalue weighted by atomic mass is 9.73. The SMILES string of the molecule is C=C(OC)C(=O)Nc1cc(OC)c(OC)cc1C(=O)O[C@@H]1C[C@@H](O[C@@H]2C(=O)C(NC(=O)OC)=C3/C(=C\CSSSC)[C@]2(O)C#C/C=C\C#C[C@@H]3O[C@@H]2O[C@H](C)[C@@H](NO[C@H]3C[C@H](O)[C@H](SC)[C@@H](C)O3)[C@H](O)[C@H]2O[C@H]2C[C@H](OC)[C@@H](NC(C)C)CO2)O[C@H](C)[C@@H]1O. The van der Waals surface area contributed by atoms with Crippen LogP contribution in [0.15, 0.2) is 59.5 Å². The average molecular weight is 1330 g/mol. The van der Waals surface area contributed by atoms with Gasteiger partial charge in [-0.05, 0) is 55.3 Å². The smallest absolute Gasteiger partial charge is 0.411 e. The number of nitrogens with one attached hydrogen (secondary N) is 4. The molecule has 0 saturated carbocycles. The third-order valence-electron chi connectivity index (χ3n) is 15.2. The first kappa shape index (κ1) is 71.8. The number of carbonyl (C=O) groups is 4. The number of thioether (sulfide) groups is 1. The van der Waals surface area contributed by atoms with Crippen molar-refractivity contribution < 1.29 is 106 Å². The molecular formula is C59H80N4O22S4. The second-order valence-electron chi connectivity index (χ2n) is 21.4. The normalized spacial score (nSPS) is 34.4. The number of ketones is 1. The van der Waals surface area contributed by atoms with Crippen LogP contribution in [-0.2, 0) is 66.5 Å². The molecule has 492 valence electrons. The number of fused-ring (bicyclic) bond motifs is 2. The number of amides is 2. The van der Waals surface area contributed by atoms with Crippen LogP contribution in [0.25, 0.3) is 0 Å². The highest BCUT2D eigenvalue weighted by Crippen LogP contribution is 2.44. The monoisotopic (exact) mass is 1320 g/mol. The lowest BCUT2D eigenvalue weighted by Gasteiger charge is -2.47. The van der Waals surface area contributed by atoms with Gasteiger partial charge in [0.15, 0.2) is 54.1 Å². The van der Waals surface area contributed by atoms with Crippen molar-refractivity contribution in [1.82, 2.24) is 16.1 Å². The van der Waals surface area contributed by atoms with Gasteiger partial charge < -0.3 is 92.6 Å². The molecule has 4 aliphatic heterocycles. The van der Waals surface area contributed by atoms with Gasteiger partial charge in [0.1, 0.15) is 30.5 Å². The van der Waals surface area contributed by atoms with Gasteiger partial charge in [-0.15, -0.1) is 0 Å². The first-order chi connectivity index (χ1) is 42.5. The van der Waals surface area contributed by atoms with E-state index in [0.717, 1.165) is 7.11 Å². The van der Waals surface area contributed by atoms with Gasteiger partial charge in [0, 0.05) is 61.4 Å². The molecular weight excluding hydrogens is 1240 g/mol. The highest BCUT2D eigenvalue weighted by Gasteiger charge is 2.57. The first-order valence-electron chi connectivity index (χ1n) is 28.4. The van der Waals surface area contributed by atoms with Crippen molar-refractivity contribution in [2.24, 2.45) is 0 Å². The van der Waals surface area contributed by atoms with Crippen molar-refractivity contribution in [2.75, 3.05) is 65.7 Å². The molecule has 30 heteroatoms. The molecule has 0 spiro atoms. The lowest BCUT2D eigenvalue weighted by Crippen LogP contribution is -2.65. The predicted molar refractivity (Wildman–Crippen MR) is 330 cm³/mol. The highest BCUT2D eigenvalue weighted by atomic mass is 33.5. The van der Waals surface area contributed by atoms with Crippen LogP contribution in [0.4, 0.5) is 10.5 Å². The molecule has 4 fully saturated rings. The molecule has 2 amide bonds. The maximum Gasteiger partial charge on any atom is 0.411 e. The Bertz CT molecular complexity index is 2890. The number of esters is 1. The van der Waals surface area contributed by atoms with E-state index in [4.69, 9.17) is 66.4 Å². The van der Waals surface area contributed by atoms with Crippen LogP contribution >= 0.6 is 43.2 Å². The van der Waals surface area contributed by atoms with Crippen molar-refractivity contribution in [3.63, 3.8) is 0 Å². The number of hydrogen-bond donors (Lipinski definition) is 8. The number of carbonyl (C=O) groups excluding carboxylic acids is 4. The zero-order valence-electron chi connectivity index (χ0n) is 51.4. The molecule has 0 aromatic heterocycles. The molecule has 8 N–H and O–H groups in total. The van der Waals surface area contributed by atoms with Crippen LogP contribution in [0.1, 0.15) is 64.2 Å². The highest BCUT2D eigenvalue weighted by molar-refractivity contribution is 9.09. The Morgan fingerprint density at radius 1 is 0.854 bits per heavy atom. The quantitative estimate of drug-likeness (QED) is 0.0132. The Labute approximate surface area is 533 Å². The Hall–Kier alpha value is -4.62. The molecule has 89 heavy (non-hydrogen) atoms. The zero-order valence-corrected chi connectivity index (χ0v) is 54.6. The number of aliphatic hydroxyl groups excluding tert-OH is 3. The van der Waals surface area contributed by atoms with Crippen molar-refractivity contribution >= 4 is 72.6 Å². The number of hydrogen-bond acceptors (Lipinski definition) is 28. The molecule has 7 rings (SSSR count). The van der Waals surface area contributed by atoms with Crippen LogP contribution < -0.4 is 30.9 Å². The summed E-state index contributed by atoms with van der Waals surface area (Å²) >= 11 is 1.47. The van der Waals surface area contributed by atoms with Crippen molar-refractivity contribution in [1.29, 1.82) is 0 Å². The van der Waals surface area contributed by atoms with Crippen molar-refractivity contribution in [3.8, 4) is 35.2 Å². The molecule has 19 atom stereocenters. The minimum absolute atomic E-state index is 0.0843. The Balaban J connectivity index is 1.27. The minimum atomic E-state index is -2.66. The molecule has 0 unspecified atom stereocenters. The van der Waals surface area contributed by atoms with Crippen LogP contribution in [0, 0.1) is 23.7 Å². The maximum atomic E-state index is 15.6. The summed E-state index contributed by atoms with van der Waals surface area (Å²) < 4.78 is 77.9. The van der Waals surface area contributed by atoms with Gasteiger partial charge in [-0.1, -0.05) is 71.8 Å². The number of benzene rings is 1. The Morgan fingerprint density at radius 2 is 1.56 bits per heavy atom. The van der Waals surface area contributed by atoms with E-state index >= 15 is 4.79 Å².